The first-order chi connectivity index (χ1) is 17.8. The van der Waals surface area contributed by atoms with E-state index in [0.29, 0.717) is 17.7 Å². The van der Waals surface area contributed by atoms with Crippen molar-refractivity contribution in [3.05, 3.63) is 82.9 Å². The number of benzene rings is 3. The zero-order valence-electron chi connectivity index (χ0n) is 20.7. The molecule has 0 bridgehead atoms. The van der Waals surface area contributed by atoms with E-state index in [1.54, 1.807) is 19.1 Å². The van der Waals surface area contributed by atoms with Crippen LogP contribution in [0.25, 0.3) is 11.1 Å². The van der Waals surface area contributed by atoms with Crippen molar-refractivity contribution in [2.24, 2.45) is 0 Å². The summed E-state index contributed by atoms with van der Waals surface area (Å²) in [6.45, 7) is 4.34. The quantitative estimate of drug-likeness (QED) is 0.176. The van der Waals surface area contributed by atoms with Gasteiger partial charge in [-0.2, -0.15) is 4.39 Å². The summed E-state index contributed by atoms with van der Waals surface area (Å²) in [5.41, 5.74) is 0.221. The van der Waals surface area contributed by atoms with Gasteiger partial charge in [0.2, 0.25) is 5.82 Å². The summed E-state index contributed by atoms with van der Waals surface area (Å²) in [6, 6.07) is 11.0. The Bertz CT molecular complexity index is 1250. The average molecular weight is 517 g/mol. The molecule has 3 aromatic carbocycles. The fourth-order valence-electron chi connectivity index (χ4n) is 4.70. The highest BCUT2D eigenvalue weighted by atomic mass is 19.2. The Morgan fingerprint density at radius 1 is 0.784 bits per heavy atom. The van der Waals surface area contributed by atoms with Crippen LogP contribution in [0.4, 0.5) is 17.6 Å². The second-order valence-electron chi connectivity index (χ2n) is 8.85. The van der Waals surface area contributed by atoms with Crippen LogP contribution in [0, 0.1) is 23.3 Å². The molecule has 4 rings (SSSR count). The molecule has 0 N–H and O–H groups in total. The highest BCUT2D eigenvalue weighted by Gasteiger charge is 2.27. The molecule has 0 heterocycles. The van der Waals surface area contributed by atoms with Gasteiger partial charge in [-0.25, -0.2) is 18.0 Å². The molecule has 0 unspecified atom stereocenters. The number of halogens is 4. The molecule has 0 aliphatic heterocycles. The first-order valence-corrected chi connectivity index (χ1v) is 12.4. The van der Waals surface area contributed by atoms with Crippen molar-refractivity contribution in [2.45, 2.75) is 51.6 Å². The molecule has 196 valence electrons. The zero-order chi connectivity index (χ0) is 26.5. The van der Waals surface area contributed by atoms with Crippen LogP contribution in [0.1, 0.15) is 61.4 Å². The Hall–Kier alpha value is -3.39. The van der Waals surface area contributed by atoms with Crippen molar-refractivity contribution in [2.75, 3.05) is 13.2 Å². The Morgan fingerprint density at radius 3 is 2.14 bits per heavy atom. The van der Waals surface area contributed by atoms with Gasteiger partial charge in [-0.3, -0.25) is 0 Å². The largest absolute Gasteiger partial charge is 0.491 e. The molecule has 4 nitrogen and oxygen atoms in total. The van der Waals surface area contributed by atoms with Crippen LogP contribution in [0.5, 0.6) is 11.5 Å². The molecule has 3 aromatic rings. The zero-order valence-corrected chi connectivity index (χ0v) is 20.7. The SMILES string of the molecule is CCOc1ccc(C(=O)Oc2ccc(-c3ccc(C4CCC(OCC)CC4)c(F)c3F)cc2)c(F)c1F. The van der Waals surface area contributed by atoms with E-state index in [1.807, 2.05) is 6.92 Å². The van der Waals surface area contributed by atoms with Crippen LogP contribution in [0.15, 0.2) is 48.5 Å². The summed E-state index contributed by atoms with van der Waals surface area (Å²) >= 11 is 0. The summed E-state index contributed by atoms with van der Waals surface area (Å²) in [5, 5.41) is 0. The standard InChI is InChI=1S/C29H28F4O4/c1-3-35-19-9-5-17(6-10-19)21-13-14-22(26(31)25(21)30)18-7-11-20(12-8-18)37-29(34)23-15-16-24(36-4-2)28(33)27(23)32/h7-8,11-17,19H,3-6,9-10H2,1-2H3. The molecule has 8 heteroatoms. The summed E-state index contributed by atoms with van der Waals surface area (Å²) in [5.74, 6) is -5.90. The molecule has 1 fully saturated rings. The summed E-state index contributed by atoms with van der Waals surface area (Å²) < 4.78 is 74.2. The van der Waals surface area contributed by atoms with E-state index in [0.717, 1.165) is 37.8 Å². The monoisotopic (exact) mass is 516 g/mol. The van der Waals surface area contributed by atoms with Crippen LogP contribution < -0.4 is 9.47 Å². The third-order valence-corrected chi connectivity index (χ3v) is 6.57. The van der Waals surface area contributed by atoms with Crippen molar-refractivity contribution in [3.8, 4) is 22.6 Å². The number of esters is 1. The molecule has 0 amide bonds. The smallest absolute Gasteiger partial charge is 0.346 e. The molecule has 0 saturated heterocycles. The Kier molecular flexibility index (Phi) is 8.48. The minimum atomic E-state index is -1.38. The topological polar surface area (TPSA) is 44.8 Å². The van der Waals surface area contributed by atoms with Gasteiger partial charge >= 0.3 is 5.97 Å². The second-order valence-corrected chi connectivity index (χ2v) is 8.85. The van der Waals surface area contributed by atoms with Crippen molar-refractivity contribution in [1.82, 2.24) is 0 Å². The number of hydrogen-bond donors (Lipinski definition) is 0. The molecular formula is C29H28F4O4. The van der Waals surface area contributed by atoms with Crippen molar-refractivity contribution >= 4 is 5.97 Å². The minimum Gasteiger partial charge on any atom is -0.491 e. The third kappa shape index (κ3) is 5.80. The first-order valence-electron chi connectivity index (χ1n) is 12.4. The second kappa shape index (κ2) is 11.8. The van der Waals surface area contributed by atoms with E-state index < -0.39 is 34.8 Å². The molecule has 1 aliphatic rings. The van der Waals surface area contributed by atoms with E-state index in [2.05, 4.69) is 0 Å². The van der Waals surface area contributed by atoms with Crippen LogP contribution in [0.3, 0.4) is 0 Å². The van der Waals surface area contributed by atoms with Gasteiger partial charge in [0.25, 0.3) is 0 Å². The Labute approximate surface area is 213 Å². The minimum absolute atomic E-state index is 0.0333. The van der Waals surface area contributed by atoms with Crippen LogP contribution in [0.2, 0.25) is 0 Å². The number of carbonyl (C=O) groups excluding carboxylic acids is 1. The highest BCUT2D eigenvalue weighted by Crippen LogP contribution is 2.38. The molecule has 0 aromatic heterocycles. The van der Waals surface area contributed by atoms with Crippen molar-refractivity contribution in [3.63, 3.8) is 0 Å². The number of rotatable bonds is 8. The molecule has 0 radical (unpaired) electrons. The van der Waals surface area contributed by atoms with Gasteiger partial charge in [0.05, 0.1) is 18.3 Å². The normalized spacial score (nSPS) is 17.5. The first kappa shape index (κ1) is 26.7. The van der Waals surface area contributed by atoms with Crippen LogP contribution >= 0.6 is 0 Å². The van der Waals surface area contributed by atoms with Gasteiger partial charge in [0, 0.05) is 12.2 Å². The molecule has 1 aliphatic carbocycles. The Morgan fingerprint density at radius 2 is 1.49 bits per heavy atom. The predicted molar refractivity (Wildman–Crippen MR) is 131 cm³/mol. The fraction of sp³-hybridized carbons (Fsp3) is 0.345. The van der Waals surface area contributed by atoms with Crippen LogP contribution in [-0.2, 0) is 4.74 Å². The van der Waals surface area contributed by atoms with E-state index in [-0.39, 0.29) is 35.7 Å². The third-order valence-electron chi connectivity index (χ3n) is 6.57. The van der Waals surface area contributed by atoms with Gasteiger partial charge in [-0.05, 0) is 80.8 Å². The maximum Gasteiger partial charge on any atom is 0.346 e. The van der Waals surface area contributed by atoms with Gasteiger partial charge in [-0.15, -0.1) is 0 Å². The highest BCUT2D eigenvalue weighted by molar-refractivity contribution is 5.91. The number of hydrogen-bond acceptors (Lipinski definition) is 4. The van der Waals surface area contributed by atoms with E-state index in [9.17, 15) is 13.6 Å². The Balaban J connectivity index is 1.47. The van der Waals surface area contributed by atoms with Gasteiger partial charge in [0.15, 0.2) is 23.2 Å². The summed E-state index contributed by atoms with van der Waals surface area (Å²) in [4.78, 5) is 12.4. The van der Waals surface area contributed by atoms with Gasteiger partial charge in [0.1, 0.15) is 5.75 Å². The lowest BCUT2D eigenvalue weighted by molar-refractivity contribution is 0.0325. The lowest BCUT2D eigenvalue weighted by Crippen LogP contribution is -2.21. The lowest BCUT2D eigenvalue weighted by Gasteiger charge is -2.29. The average Bonchev–Trinajstić information content (AvgIpc) is 2.90. The molecule has 0 atom stereocenters. The number of ether oxygens (including phenoxy) is 3. The molecule has 1 saturated carbocycles. The van der Waals surface area contributed by atoms with E-state index in [4.69, 9.17) is 14.2 Å². The molecule has 0 spiro atoms. The summed E-state index contributed by atoms with van der Waals surface area (Å²) in [7, 11) is 0. The maximum absolute atomic E-state index is 15.0. The lowest BCUT2D eigenvalue weighted by atomic mass is 9.82. The van der Waals surface area contributed by atoms with E-state index >= 15 is 8.78 Å². The predicted octanol–water partition coefficient (Wildman–Crippen LogP) is 7.59. The fourth-order valence-corrected chi connectivity index (χ4v) is 4.70. The van der Waals surface area contributed by atoms with Crippen molar-refractivity contribution < 1.29 is 36.6 Å². The number of carbonyl (C=O) groups is 1. The maximum atomic E-state index is 15.0. The summed E-state index contributed by atoms with van der Waals surface area (Å²) in [6.07, 6.45) is 3.27. The van der Waals surface area contributed by atoms with Crippen LogP contribution in [-0.4, -0.2) is 25.3 Å². The van der Waals surface area contributed by atoms with E-state index in [1.165, 1.54) is 24.3 Å². The molecular weight excluding hydrogens is 488 g/mol. The van der Waals surface area contributed by atoms with Gasteiger partial charge < -0.3 is 14.2 Å². The van der Waals surface area contributed by atoms with Crippen molar-refractivity contribution in [1.29, 1.82) is 0 Å². The molecule has 37 heavy (non-hydrogen) atoms. The van der Waals surface area contributed by atoms with Gasteiger partial charge in [-0.1, -0.05) is 24.3 Å².